The molecule has 0 heterocycles. The van der Waals surface area contributed by atoms with E-state index in [1.54, 1.807) is 31.4 Å². The van der Waals surface area contributed by atoms with Gasteiger partial charge in [-0.1, -0.05) is 0 Å². The normalized spacial score (nSPS) is 25.4. The lowest BCUT2D eigenvalue weighted by atomic mass is 9.85. The molecule has 3 unspecified atom stereocenters. The molecule has 2 N–H and O–H groups in total. The van der Waals surface area contributed by atoms with Crippen LogP contribution < -0.4 is 10.0 Å². The fraction of sp³-hybridized carbons (Fsp3) is 0.571. The van der Waals surface area contributed by atoms with Crippen molar-refractivity contribution in [3.63, 3.8) is 0 Å². The summed E-state index contributed by atoms with van der Waals surface area (Å²) in [5.41, 5.74) is 0.868. The van der Waals surface area contributed by atoms with Gasteiger partial charge in [-0.2, -0.15) is 0 Å². The Morgan fingerprint density at radius 3 is 2.48 bits per heavy atom. The molecule has 0 amide bonds. The molecule has 2 rings (SSSR count). The van der Waals surface area contributed by atoms with Gasteiger partial charge in [0.2, 0.25) is 10.0 Å². The molecule has 1 aromatic rings. The second-order valence-electron chi connectivity index (χ2n) is 4.91. The van der Waals surface area contributed by atoms with E-state index in [0.29, 0.717) is 6.61 Å². The summed E-state index contributed by atoms with van der Waals surface area (Å²) in [4.78, 5) is 0.250. The summed E-state index contributed by atoms with van der Waals surface area (Å²) in [6.07, 6.45) is 1.02. The van der Waals surface area contributed by atoms with Gasteiger partial charge in [0.1, 0.15) is 6.10 Å². The molecule has 7 heteroatoms. The number of ether oxygens (including phenoxy) is 2. The van der Waals surface area contributed by atoms with Crippen molar-refractivity contribution >= 4 is 15.7 Å². The van der Waals surface area contributed by atoms with Crippen molar-refractivity contribution in [2.75, 3.05) is 26.1 Å². The molecule has 0 radical (unpaired) electrons. The highest BCUT2D eigenvalue weighted by molar-refractivity contribution is 7.89. The van der Waals surface area contributed by atoms with Gasteiger partial charge in [0.05, 0.1) is 17.0 Å². The Morgan fingerprint density at radius 2 is 1.95 bits per heavy atom. The van der Waals surface area contributed by atoms with Crippen LogP contribution in [0.15, 0.2) is 29.2 Å². The molecule has 3 atom stereocenters. The van der Waals surface area contributed by atoms with E-state index in [0.717, 1.165) is 12.1 Å². The molecule has 21 heavy (non-hydrogen) atoms. The number of benzene rings is 1. The van der Waals surface area contributed by atoms with Gasteiger partial charge in [-0.3, -0.25) is 0 Å². The molecule has 1 aliphatic carbocycles. The molecule has 0 aromatic heterocycles. The van der Waals surface area contributed by atoms with Crippen LogP contribution in [0.4, 0.5) is 5.69 Å². The van der Waals surface area contributed by atoms with Gasteiger partial charge in [0.15, 0.2) is 0 Å². The van der Waals surface area contributed by atoms with Crippen LogP contribution >= 0.6 is 0 Å². The molecule has 118 valence electrons. The Bertz CT molecular complexity index is 559. The molecule has 0 bridgehead atoms. The van der Waals surface area contributed by atoms with Crippen LogP contribution in [0.1, 0.15) is 13.3 Å². The quantitative estimate of drug-likeness (QED) is 0.791. The molecule has 1 aromatic carbocycles. The third kappa shape index (κ3) is 3.55. The lowest BCUT2D eigenvalue weighted by molar-refractivity contribution is -0.118. The average molecular weight is 314 g/mol. The summed E-state index contributed by atoms with van der Waals surface area (Å²) in [6.45, 7) is 2.64. The Labute approximate surface area is 125 Å². The standard InChI is InChI=1S/C14H22N2O4S/c1-4-20-13-9-12(14(13)19-3)16-10-5-7-11(8-6-10)21(17,18)15-2/h5-8,12-16H,4,9H2,1-3H3. The van der Waals surface area contributed by atoms with E-state index < -0.39 is 10.0 Å². The highest BCUT2D eigenvalue weighted by atomic mass is 32.2. The van der Waals surface area contributed by atoms with Crippen LogP contribution in [0.25, 0.3) is 0 Å². The van der Waals surface area contributed by atoms with E-state index in [9.17, 15) is 8.42 Å². The maximum Gasteiger partial charge on any atom is 0.240 e. The van der Waals surface area contributed by atoms with E-state index in [1.807, 2.05) is 6.92 Å². The van der Waals surface area contributed by atoms with E-state index in [-0.39, 0.29) is 23.1 Å². The van der Waals surface area contributed by atoms with E-state index >= 15 is 0 Å². The molecular weight excluding hydrogens is 292 g/mol. The summed E-state index contributed by atoms with van der Waals surface area (Å²) in [5.74, 6) is 0. The zero-order valence-electron chi connectivity index (χ0n) is 12.5. The largest absolute Gasteiger partial charge is 0.379 e. The minimum absolute atomic E-state index is 0.0191. The molecular formula is C14H22N2O4S. The minimum Gasteiger partial charge on any atom is -0.379 e. The van der Waals surface area contributed by atoms with E-state index in [4.69, 9.17) is 9.47 Å². The molecule has 0 spiro atoms. The average Bonchev–Trinajstić information content (AvgIpc) is 2.47. The van der Waals surface area contributed by atoms with Crippen molar-refractivity contribution < 1.29 is 17.9 Å². The van der Waals surface area contributed by atoms with Crippen LogP contribution in [0.5, 0.6) is 0 Å². The number of anilines is 1. The minimum atomic E-state index is -3.39. The van der Waals surface area contributed by atoms with Crippen molar-refractivity contribution in [2.24, 2.45) is 0 Å². The monoisotopic (exact) mass is 314 g/mol. The highest BCUT2D eigenvalue weighted by Crippen LogP contribution is 2.30. The van der Waals surface area contributed by atoms with Gasteiger partial charge in [0, 0.05) is 19.4 Å². The van der Waals surface area contributed by atoms with E-state index in [2.05, 4.69) is 10.0 Å². The summed E-state index contributed by atoms with van der Waals surface area (Å²) >= 11 is 0. The molecule has 1 aliphatic rings. The second kappa shape index (κ2) is 6.74. The summed E-state index contributed by atoms with van der Waals surface area (Å²) in [5, 5.41) is 3.34. The molecule has 1 saturated carbocycles. The number of hydrogen-bond donors (Lipinski definition) is 2. The Hall–Kier alpha value is -1.15. The van der Waals surface area contributed by atoms with Crippen LogP contribution in [-0.2, 0) is 19.5 Å². The summed E-state index contributed by atoms with van der Waals surface area (Å²) in [6, 6.07) is 6.84. The van der Waals surface area contributed by atoms with Gasteiger partial charge < -0.3 is 14.8 Å². The van der Waals surface area contributed by atoms with E-state index in [1.165, 1.54) is 7.05 Å². The first-order chi connectivity index (χ1) is 10.0. The lowest BCUT2D eigenvalue weighted by Gasteiger charge is -2.43. The lowest BCUT2D eigenvalue weighted by Crippen LogP contribution is -2.56. The summed E-state index contributed by atoms with van der Waals surface area (Å²) in [7, 11) is -0.320. The predicted octanol–water partition coefficient (Wildman–Crippen LogP) is 1.20. The van der Waals surface area contributed by atoms with Crippen molar-refractivity contribution in [1.29, 1.82) is 0 Å². The third-order valence-electron chi connectivity index (χ3n) is 3.69. The van der Waals surface area contributed by atoms with Crippen LogP contribution in [0.3, 0.4) is 0 Å². The molecule has 6 nitrogen and oxygen atoms in total. The Morgan fingerprint density at radius 1 is 1.29 bits per heavy atom. The van der Waals surface area contributed by atoms with Gasteiger partial charge in [-0.15, -0.1) is 0 Å². The maximum atomic E-state index is 11.6. The van der Waals surface area contributed by atoms with Crippen molar-refractivity contribution in [2.45, 2.75) is 36.5 Å². The number of hydrogen-bond acceptors (Lipinski definition) is 5. The van der Waals surface area contributed by atoms with Crippen molar-refractivity contribution in [3.05, 3.63) is 24.3 Å². The van der Waals surface area contributed by atoms with Gasteiger partial charge >= 0.3 is 0 Å². The Balaban J connectivity index is 1.99. The smallest absolute Gasteiger partial charge is 0.240 e. The van der Waals surface area contributed by atoms with Gasteiger partial charge in [-0.05, 0) is 44.7 Å². The number of nitrogens with one attached hydrogen (secondary N) is 2. The SMILES string of the molecule is CCOC1CC(Nc2ccc(S(=O)(=O)NC)cc2)C1OC. The summed E-state index contributed by atoms with van der Waals surface area (Å²) < 4.78 is 36.6. The first-order valence-electron chi connectivity index (χ1n) is 6.96. The fourth-order valence-electron chi connectivity index (χ4n) is 2.48. The number of methoxy groups -OCH3 is 1. The third-order valence-corrected chi connectivity index (χ3v) is 5.12. The zero-order valence-corrected chi connectivity index (χ0v) is 13.3. The first-order valence-corrected chi connectivity index (χ1v) is 8.44. The first kappa shape index (κ1) is 16.2. The highest BCUT2D eigenvalue weighted by Gasteiger charge is 2.42. The Kier molecular flexibility index (Phi) is 5.21. The van der Waals surface area contributed by atoms with Gasteiger partial charge in [0.25, 0.3) is 0 Å². The molecule has 0 saturated heterocycles. The second-order valence-corrected chi connectivity index (χ2v) is 6.80. The topological polar surface area (TPSA) is 76.7 Å². The van der Waals surface area contributed by atoms with Crippen LogP contribution in [0, 0.1) is 0 Å². The van der Waals surface area contributed by atoms with Crippen LogP contribution in [-0.4, -0.2) is 47.4 Å². The number of rotatable bonds is 7. The maximum absolute atomic E-state index is 11.6. The zero-order chi connectivity index (χ0) is 15.5. The number of sulfonamides is 1. The predicted molar refractivity (Wildman–Crippen MR) is 80.9 cm³/mol. The van der Waals surface area contributed by atoms with Crippen molar-refractivity contribution in [3.8, 4) is 0 Å². The van der Waals surface area contributed by atoms with Crippen LogP contribution in [0.2, 0.25) is 0 Å². The fourth-order valence-corrected chi connectivity index (χ4v) is 3.21. The van der Waals surface area contributed by atoms with Gasteiger partial charge in [-0.25, -0.2) is 13.1 Å². The molecule has 1 fully saturated rings. The molecule has 0 aliphatic heterocycles. The van der Waals surface area contributed by atoms with Crippen molar-refractivity contribution in [1.82, 2.24) is 4.72 Å².